The number of halogens is 2. The van der Waals surface area contributed by atoms with Gasteiger partial charge in [-0.1, -0.05) is 0 Å². The maximum Gasteiger partial charge on any atom is 0.293 e. The van der Waals surface area contributed by atoms with Crippen LogP contribution in [-0.2, 0) is 0 Å². The van der Waals surface area contributed by atoms with Crippen LogP contribution in [0.4, 0.5) is 8.78 Å². The number of nitrogens with zero attached hydrogens (tertiary/aromatic N) is 5. The maximum absolute atomic E-state index is 13.7. The molecule has 33 heavy (non-hydrogen) atoms. The Morgan fingerprint density at radius 2 is 1.97 bits per heavy atom. The molecule has 1 aliphatic heterocycles. The van der Waals surface area contributed by atoms with Gasteiger partial charge in [0.05, 0.1) is 5.69 Å². The number of hydrogen-bond donors (Lipinski definition) is 2. The summed E-state index contributed by atoms with van der Waals surface area (Å²) < 4.78 is 28.8. The highest BCUT2D eigenvalue weighted by atomic mass is 19.1. The fourth-order valence-corrected chi connectivity index (χ4v) is 3.81. The Hall–Kier alpha value is -4.15. The second-order valence-corrected chi connectivity index (χ2v) is 7.50. The zero-order chi connectivity index (χ0) is 23.7. The fraction of sp³-hybridized carbons (Fsp3) is 0.227. The van der Waals surface area contributed by atoms with Gasteiger partial charge in [0, 0.05) is 49.2 Å². The van der Waals surface area contributed by atoms with Crippen LogP contribution < -0.4 is 10.9 Å². The van der Waals surface area contributed by atoms with Gasteiger partial charge in [-0.3, -0.25) is 9.59 Å². The van der Waals surface area contributed by atoms with E-state index in [2.05, 4.69) is 20.4 Å². The molecule has 4 rings (SSSR count). The van der Waals surface area contributed by atoms with Crippen molar-refractivity contribution in [3.63, 3.8) is 0 Å². The number of aromatic amines is 1. The molecule has 0 spiro atoms. The van der Waals surface area contributed by atoms with E-state index >= 15 is 0 Å². The highest BCUT2D eigenvalue weighted by Gasteiger charge is 2.30. The molecule has 1 saturated heterocycles. The van der Waals surface area contributed by atoms with Gasteiger partial charge >= 0.3 is 0 Å². The Morgan fingerprint density at radius 1 is 1.24 bits per heavy atom. The van der Waals surface area contributed by atoms with Gasteiger partial charge in [0.25, 0.3) is 5.91 Å². The monoisotopic (exact) mass is 452 g/mol. The Morgan fingerprint density at radius 3 is 2.61 bits per heavy atom. The average Bonchev–Trinajstić information content (AvgIpc) is 3.27. The first kappa shape index (κ1) is 22.1. The van der Waals surface area contributed by atoms with E-state index < -0.39 is 23.6 Å². The Kier molecular flexibility index (Phi) is 5.86. The topological polar surface area (TPSA) is 118 Å². The molecule has 0 aliphatic carbocycles. The van der Waals surface area contributed by atoms with Crippen LogP contribution in [0.5, 0.6) is 0 Å². The first-order valence-corrected chi connectivity index (χ1v) is 10.1. The zero-order valence-corrected chi connectivity index (χ0v) is 17.8. The van der Waals surface area contributed by atoms with E-state index in [1.807, 2.05) is 0 Å². The lowest BCUT2D eigenvalue weighted by Crippen LogP contribution is -2.48. The van der Waals surface area contributed by atoms with Crippen molar-refractivity contribution in [2.75, 3.05) is 13.6 Å². The van der Waals surface area contributed by atoms with Crippen LogP contribution in [0, 0.1) is 11.6 Å². The molecular formula is C22H20F2N7O2-. The van der Waals surface area contributed by atoms with Gasteiger partial charge in [-0.25, -0.2) is 18.4 Å². The van der Waals surface area contributed by atoms with Crippen molar-refractivity contribution in [3.8, 4) is 5.69 Å². The second-order valence-electron chi connectivity index (χ2n) is 7.50. The minimum atomic E-state index is -0.734. The summed E-state index contributed by atoms with van der Waals surface area (Å²) in [6.07, 6.45) is 3.04. The molecule has 11 heteroatoms. The smallest absolute Gasteiger partial charge is 0.293 e. The van der Waals surface area contributed by atoms with Crippen molar-refractivity contribution < 1.29 is 13.6 Å². The lowest BCUT2D eigenvalue weighted by Gasteiger charge is -2.40. The van der Waals surface area contributed by atoms with Crippen molar-refractivity contribution in [1.29, 1.82) is 0 Å². The lowest BCUT2D eigenvalue weighted by molar-refractivity contribution is 0.0717. The van der Waals surface area contributed by atoms with Crippen LogP contribution in [0.3, 0.4) is 0 Å². The summed E-state index contributed by atoms with van der Waals surface area (Å²) in [5.74, 6) is -2.03. The number of H-pyrrole nitrogens is 1. The predicted molar refractivity (Wildman–Crippen MR) is 118 cm³/mol. The number of likely N-dealkylation sites (tertiary alicyclic amines) is 1. The number of carbonyl (C=O) groups is 1. The van der Waals surface area contributed by atoms with Gasteiger partial charge < -0.3 is 20.6 Å². The minimum absolute atomic E-state index is 0.0747. The summed E-state index contributed by atoms with van der Waals surface area (Å²) >= 11 is 0. The summed E-state index contributed by atoms with van der Waals surface area (Å²) in [6.45, 7) is 1.88. The fourth-order valence-electron chi connectivity index (χ4n) is 3.81. The predicted octanol–water partition coefficient (Wildman–Crippen LogP) is 2.11. The molecule has 0 unspecified atom stereocenters. The van der Waals surface area contributed by atoms with Crippen LogP contribution in [0.15, 0.2) is 53.2 Å². The van der Waals surface area contributed by atoms with Crippen LogP contribution in [-0.4, -0.2) is 55.9 Å². The number of carbonyl (C=O) groups excluding carboxylic acids is 1. The normalized spacial score (nSPS) is 17.8. The molecule has 2 aromatic heterocycles. The number of pyridine rings is 1. The number of amides is 1. The molecule has 3 heterocycles. The summed E-state index contributed by atoms with van der Waals surface area (Å²) in [7, 11) is 1.59. The van der Waals surface area contributed by atoms with E-state index in [0.717, 1.165) is 6.07 Å². The summed E-state index contributed by atoms with van der Waals surface area (Å²) in [5.41, 5.74) is 1.26. The number of rotatable bonds is 4. The molecule has 0 radical (unpaired) electrons. The standard InChI is InChI=1S/C22H20F2N7O2/c1-12-19(25)17(20(26-2)13-7-14(23)9-15(24)8-13)5-6-30(12)22(33)21-28-11-31(29-21)16-3-4-18(32)27-10-16/h3-4,7-12,26H,5-6H2,1-2H3,(H,27,32)/q-1/b20-17-/t12-/m0/s1. The zero-order valence-electron chi connectivity index (χ0n) is 17.8. The summed E-state index contributed by atoms with van der Waals surface area (Å²) in [6, 6.07) is 5.26. The van der Waals surface area contributed by atoms with Crippen LogP contribution in [0.25, 0.3) is 16.8 Å². The van der Waals surface area contributed by atoms with E-state index in [-0.39, 0.29) is 35.6 Å². The second kappa shape index (κ2) is 8.77. The maximum atomic E-state index is 13.7. The van der Waals surface area contributed by atoms with Gasteiger partial charge in [0.2, 0.25) is 11.4 Å². The number of hydrogen-bond acceptors (Lipinski definition) is 5. The quantitative estimate of drug-likeness (QED) is 0.629. The first-order valence-electron chi connectivity index (χ1n) is 10.1. The molecule has 2 N–H and O–H groups in total. The van der Waals surface area contributed by atoms with Crippen molar-refractivity contribution in [3.05, 3.63) is 87.2 Å². The molecule has 1 fully saturated rings. The average molecular weight is 452 g/mol. The molecule has 9 nitrogen and oxygen atoms in total. The minimum Gasteiger partial charge on any atom is -0.806 e. The number of nitrogens with one attached hydrogen (secondary N) is 2. The van der Waals surface area contributed by atoms with Crippen molar-refractivity contribution >= 4 is 17.3 Å². The lowest BCUT2D eigenvalue weighted by atomic mass is 9.91. The third kappa shape index (κ3) is 4.29. The molecule has 1 atom stereocenters. The highest BCUT2D eigenvalue weighted by molar-refractivity contribution is 6.13. The highest BCUT2D eigenvalue weighted by Crippen LogP contribution is 2.28. The van der Waals surface area contributed by atoms with Crippen molar-refractivity contribution in [1.82, 2.24) is 30.0 Å². The van der Waals surface area contributed by atoms with Crippen molar-refractivity contribution in [2.24, 2.45) is 0 Å². The molecule has 170 valence electrons. The first-order chi connectivity index (χ1) is 15.8. The van der Waals surface area contributed by atoms with Crippen LogP contribution in [0.1, 0.15) is 29.5 Å². The third-order valence-corrected chi connectivity index (χ3v) is 5.45. The van der Waals surface area contributed by atoms with Gasteiger partial charge in [-0.05, 0) is 37.1 Å². The van der Waals surface area contributed by atoms with Crippen molar-refractivity contribution in [2.45, 2.75) is 19.4 Å². The molecular weight excluding hydrogens is 432 g/mol. The largest absolute Gasteiger partial charge is 0.806 e. The molecule has 1 aromatic carbocycles. The molecule has 3 aromatic rings. The third-order valence-electron chi connectivity index (χ3n) is 5.45. The Labute approximate surface area is 187 Å². The van der Waals surface area contributed by atoms with Crippen LogP contribution in [0.2, 0.25) is 0 Å². The van der Waals surface area contributed by atoms with Gasteiger partial charge in [0.15, 0.2) is 0 Å². The Balaban J connectivity index is 1.58. The summed E-state index contributed by atoms with van der Waals surface area (Å²) in [5, 5.41) is 18.0. The van der Waals surface area contributed by atoms with Gasteiger partial charge in [-0.15, -0.1) is 5.10 Å². The Bertz CT molecular complexity index is 1290. The van der Waals surface area contributed by atoms with Crippen LogP contribution >= 0.6 is 0 Å². The van der Waals surface area contributed by atoms with Gasteiger partial charge in [-0.2, -0.15) is 5.71 Å². The van der Waals surface area contributed by atoms with E-state index in [4.69, 9.17) is 0 Å². The van der Waals surface area contributed by atoms with E-state index in [0.29, 0.717) is 17.0 Å². The number of benzene rings is 1. The van der Waals surface area contributed by atoms with E-state index in [1.165, 1.54) is 46.4 Å². The molecule has 0 bridgehead atoms. The van der Waals surface area contributed by atoms with Gasteiger partial charge in [0.1, 0.15) is 18.0 Å². The number of aromatic nitrogens is 4. The summed E-state index contributed by atoms with van der Waals surface area (Å²) in [4.78, 5) is 32.3. The molecule has 1 aliphatic rings. The van der Waals surface area contributed by atoms with E-state index in [1.54, 1.807) is 14.0 Å². The molecule has 1 amide bonds. The SMILES string of the molecule is CN/C(=C1/CCN(C(=O)c2ncn(-c3ccc(=O)[nH]c3)n2)[C@@H](C)C1=[N-])c1cc(F)cc(F)c1. The van der Waals surface area contributed by atoms with E-state index in [9.17, 15) is 23.8 Å². The molecule has 0 saturated carbocycles. The number of piperidine rings is 1.